The van der Waals surface area contributed by atoms with Crippen molar-refractivity contribution >= 4 is 34.8 Å². The molecule has 3 aromatic rings. The van der Waals surface area contributed by atoms with Gasteiger partial charge in [-0.3, -0.25) is 19.7 Å². The molecule has 176 valence electrons. The molecule has 0 radical (unpaired) electrons. The van der Waals surface area contributed by atoms with Crippen LogP contribution < -0.4 is 25.3 Å². The average Bonchev–Trinajstić information content (AvgIpc) is 2.81. The number of ether oxygens (including phenoxy) is 3. The number of carbonyl (C=O) groups excluding carboxylic acids is 2. The maximum absolute atomic E-state index is 12.7. The minimum Gasteiger partial charge on any atom is -0.493 e. The minimum absolute atomic E-state index is 0.0250. The Kier molecular flexibility index (Phi) is 7.88. The Labute approximate surface area is 199 Å². The topological polar surface area (TPSA) is 143 Å². The van der Waals surface area contributed by atoms with Crippen LogP contribution in [0, 0.1) is 10.1 Å². The Morgan fingerprint density at radius 1 is 1.03 bits per heavy atom. The molecule has 10 nitrogen and oxygen atoms in total. The van der Waals surface area contributed by atoms with E-state index >= 15 is 0 Å². The number of halogens is 1. The van der Waals surface area contributed by atoms with Crippen molar-refractivity contribution in [3.05, 3.63) is 81.4 Å². The van der Waals surface area contributed by atoms with Crippen LogP contribution in [-0.4, -0.2) is 30.5 Å². The van der Waals surface area contributed by atoms with Crippen LogP contribution in [0.2, 0.25) is 5.02 Å². The molecule has 3 N–H and O–H groups in total. The first-order valence-corrected chi connectivity index (χ1v) is 10.3. The fourth-order valence-corrected chi connectivity index (χ4v) is 3.00. The van der Waals surface area contributed by atoms with Crippen LogP contribution in [0.15, 0.2) is 60.7 Å². The van der Waals surface area contributed by atoms with E-state index in [0.717, 1.165) is 0 Å². The van der Waals surface area contributed by atoms with E-state index in [0.29, 0.717) is 11.4 Å². The van der Waals surface area contributed by atoms with Gasteiger partial charge in [-0.15, -0.1) is 0 Å². The summed E-state index contributed by atoms with van der Waals surface area (Å²) in [5, 5.41) is 14.2. The summed E-state index contributed by atoms with van der Waals surface area (Å²) >= 11 is 5.83. The van der Waals surface area contributed by atoms with Crippen LogP contribution in [0.25, 0.3) is 0 Å². The summed E-state index contributed by atoms with van der Waals surface area (Å²) in [6.45, 7) is 0.161. The SMILES string of the molecule is COc1cc(C(=O)Nc2ccc(OCCC(N)=O)cc2)ccc1Oc1ccc(Cl)cc1[N+](=O)[O-]. The number of methoxy groups -OCH3 is 1. The van der Waals surface area contributed by atoms with E-state index in [1.807, 2.05) is 0 Å². The molecule has 0 aliphatic rings. The van der Waals surface area contributed by atoms with Gasteiger partial charge in [0.15, 0.2) is 11.5 Å². The van der Waals surface area contributed by atoms with Crippen LogP contribution >= 0.6 is 11.6 Å². The van der Waals surface area contributed by atoms with E-state index in [1.165, 1.54) is 43.5 Å². The number of nitrogens with one attached hydrogen (secondary N) is 1. The van der Waals surface area contributed by atoms with Gasteiger partial charge in [0.05, 0.1) is 25.1 Å². The van der Waals surface area contributed by atoms with Crippen molar-refractivity contribution in [1.82, 2.24) is 0 Å². The van der Waals surface area contributed by atoms with Crippen molar-refractivity contribution in [2.24, 2.45) is 5.73 Å². The molecule has 2 amide bonds. The van der Waals surface area contributed by atoms with Crippen molar-refractivity contribution in [3.8, 4) is 23.0 Å². The highest BCUT2D eigenvalue weighted by Crippen LogP contribution is 2.38. The highest BCUT2D eigenvalue weighted by molar-refractivity contribution is 6.30. The first-order chi connectivity index (χ1) is 16.3. The second-order valence-electron chi connectivity index (χ2n) is 6.88. The van der Waals surface area contributed by atoms with E-state index < -0.39 is 16.7 Å². The van der Waals surface area contributed by atoms with E-state index in [9.17, 15) is 19.7 Å². The number of carbonyl (C=O) groups is 2. The summed E-state index contributed by atoms with van der Waals surface area (Å²) in [6.07, 6.45) is 0.103. The van der Waals surface area contributed by atoms with Gasteiger partial charge in [0.25, 0.3) is 5.91 Å². The Balaban J connectivity index is 1.71. The van der Waals surface area contributed by atoms with Crippen LogP contribution in [0.4, 0.5) is 11.4 Å². The van der Waals surface area contributed by atoms with E-state index in [2.05, 4.69) is 5.32 Å². The molecule has 0 spiro atoms. The standard InChI is InChI=1S/C23H20ClN3O7/c1-32-21-12-14(2-8-20(21)34-19-9-3-15(24)13-18(19)27(30)31)23(29)26-16-4-6-17(7-5-16)33-11-10-22(25)28/h2-9,12-13H,10-11H2,1H3,(H2,25,28)(H,26,29). The molecule has 0 saturated carbocycles. The van der Waals surface area contributed by atoms with Gasteiger partial charge in [0.1, 0.15) is 5.75 Å². The van der Waals surface area contributed by atoms with Crippen molar-refractivity contribution in [2.45, 2.75) is 6.42 Å². The highest BCUT2D eigenvalue weighted by atomic mass is 35.5. The molecule has 3 rings (SSSR count). The lowest BCUT2D eigenvalue weighted by Gasteiger charge is -2.13. The van der Waals surface area contributed by atoms with Gasteiger partial charge in [0.2, 0.25) is 11.7 Å². The average molecular weight is 486 g/mol. The van der Waals surface area contributed by atoms with Crippen LogP contribution in [0.5, 0.6) is 23.0 Å². The molecular formula is C23H20ClN3O7. The summed E-state index contributed by atoms with van der Waals surface area (Å²) in [6, 6.07) is 15.0. The summed E-state index contributed by atoms with van der Waals surface area (Å²) in [7, 11) is 1.39. The van der Waals surface area contributed by atoms with Gasteiger partial charge in [0, 0.05) is 22.3 Å². The molecule has 3 aromatic carbocycles. The number of nitrogens with two attached hydrogens (primary N) is 1. The van der Waals surface area contributed by atoms with Crippen molar-refractivity contribution in [1.29, 1.82) is 0 Å². The second kappa shape index (κ2) is 11.0. The number of primary amides is 1. The van der Waals surface area contributed by atoms with Gasteiger partial charge >= 0.3 is 5.69 Å². The minimum atomic E-state index is -0.608. The first-order valence-electron chi connectivity index (χ1n) is 9.89. The van der Waals surface area contributed by atoms with Crippen molar-refractivity contribution < 1.29 is 28.7 Å². The summed E-state index contributed by atoms with van der Waals surface area (Å²) in [5.74, 6) is 0.0191. The molecule has 0 fully saturated rings. The van der Waals surface area contributed by atoms with Gasteiger partial charge in [-0.1, -0.05) is 11.6 Å². The summed E-state index contributed by atoms with van der Waals surface area (Å²) in [5.41, 5.74) is 5.55. The van der Waals surface area contributed by atoms with E-state index in [1.54, 1.807) is 24.3 Å². The summed E-state index contributed by atoms with van der Waals surface area (Å²) < 4.78 is 16.4. The number of nitro benzene ring substituents is 1. The third-order valence-electron chi connectivity index (χ3n) is 4.49. The number of benzene rings is 3. The Hall–Kier alpha value is -4.31. The van der Waals surface area contributed by atoms with Gasteiger partial charge < -0.3 is 25.3 Å². The predicted molar refractivity (Wildman–Crippen MR) is 125 cm³/mol. The van der Waals surface area contributed by atoms with E-state index in [4.69, 9.17) is 31.5 Å². The molecule has 34 heavy (non-hydrogen) atoms. The van der Waals surface area contributed by atoms with Gasteiger partial charge in [-0.05, 0) is 54.6 Å². The van der Waals surface area contributed by atoms with Gasteiger partial charge in [-0.25, -0.2) is 0 Å². The maximum atomic E-state index is 12.7. The Bertz CT molecular complexity index is 1220. The fraction of sp³-hybridized carbons (Fsp3) is 0.130. The van der Waals surface area contributed by atoms with E-state index in [-0.39, 0.29) is 46.5 Å². The normalized spacial score (nSPS) is 10.3. The Morgan fingerprint density at radius 3 is 2.38 bits per heavy atom. The van der Waals surface area contributed by atoms with Crippen LogP contribution in [0.3, 0.4) is 0 Å². The maximum Gasteiger partial charge on any atom is 0.313 e. The molecule has 0 heterocycles. The number of nitro groups is 1. The van der Waals surface area contributed by atoms with Crippen molar-refractivity contribution in [3.63, 3.8) is 0 Å². The van der Waals surface area contributed by atoms with Crippen LogP contribution in [-0.2, 0) is 4.79 Å². The third kappa shape index (κ3) is 6.36. The lowest BCUT2D eigenvalue weighted by atomic mass is 10.1. The number of hydrogen-bond acceptors (Lipinski definition) is 7. The Morgan fingerprint density at radius 2 is 1.74 bits per heavy atom. The monoisotopic (exact) mass is 485 g/mol. The molecule has 11 heteroatoms. The zero-order valence-corrected chi connectivity index (χ0v) is 18.7. The molecule has 0 bridgehead atoms. The molecule has 0 unspecified atom stereocenters. The molecule has 0 atom stereocenters. The lowest BCUT2D eigenvalue weighted by molar-refractivity contribution is -0.385. The predicted octanol–water partition coefficient (Wildman–Crippen LogP) is 4.56. The molecule has 0 saturated heterocycles. The number of nitrogens with zero attached hydrogens (tertiary/aromatic N) is 1. The molecule has 0 aromatic heterocycles. The lowest BCUT2D eigenvalue weighted by Crippen LogP contribution is -2.14. The second-order valence-corrected chi connectivity index (χ2v) is 7.32. The van der Waals surface area contributed by atoms with Crippen molar-refractivity contribution in [2.75, 3.05) is 19.0 Å². The highest BCUT2D eigenvalue weighted by Gasteiger charge is 2.19. The zero-order valence-electron chi connectivity index (χ0n) is 17.9. The molecular weight excluding hydrogens is 466 g/mol. The zero-order chi connectivity index (χ0) is 24.7. The smallest absolute Gasteiger partial charge is 0.313 e. The quantitative estimate of drug-likeness (QED) is 0.316. The number of anilines is 1. The molecule has 0 aliphatic carbocycles. The number of amides is 2. The first kappa shape index (κ1) is 24.3. The van der Waals surface area contributed by atoms with Crippen LogP contribution in [0.1, 0.15) is 16.8 Å². The number of hydrogen-bond donors (Lipinski definition) is 2. The molecule has 0 aliphatic heterocycles. The van der Waals surface area contributed by atoms with Gasteiger partial charge in [-0.2, -0.15) is 0 Å². The largest absolute Gasteiger partial charge is 0.493 e. The third-order valence-corrected chi connectivity index (χ3v) is 4.73. The summed E-state index contributed by atoms with van der Waals surface area (Å²) in [4.78, 5) is 34.1. The number of rotatable bonds is 10. The fourth-order valence-electron chi connectivity index (χ4n) is 2.84.